The number of thiazole rings is 1. The largest absolute Gasteiger partial charge is 0.490 e. The molecule has 3 aromatic rings. The van der Waals surface area contributed by atoms with Crippen molar-refractivity contribution in [3.63, 3.8) is 0 Å². The molecule has 2 aliphatic heterocycles. The van der Waals surface area contributed by atoms with Crippen LogP contribution in [-0.2, 0) is 21.7 Å². The average molecular weight is 534 g/mol. The fraction of sp³-hybridized carbons (Fsp3) is 0.526. The van der Waals surface area contributed by atoms with Gasteiger partial charge in [0.25, 0.3) is 0 Å². The summed E-state index contributed by atoms with van der Waals surface area (Å²) in [5, 5.41) is 13.2. The maximum Gasteiger partial charge on any atom is 0.490 e. The zero-order chi connectivity index (χ0) is 25.7. The van der Waals surface area contributed by atoms with Crippen molar-refractivity contribution in [1.29, 1.82) is 0 Å². The molecule has 0 aliphatic carbocycles. The molecule has 0 amide bonds. The molecule has 11 nitrogen and oxygen atoms in total. The van der Waals surface area contributed by atoms with Crippen LogP contribution in [0.4, 0.5) is 24.9 Å². The molecule has 190 valence electrons. The van der Waals surface area contributed by atoms with Crippen LogP contribution in [0.15, 0.2) is 11.7 Å². The average Bonchev–Trinajstić information content (AvgIpc) is 3.51. The third kappa shape index (κ3) is 5.03. The summed E-state index contributed by atoms with van der Waals surface area (Å²) in [7, 11) is -1.08. The molecule has 2 fully saturated rings. The Morgan fingerprint density at radius 2 is 2.00 bits per heavy atom. The van der Waals surface area contributed by atoms with Gasteiger partial charge in [0.2, 0.25) is 5.95 Å². The van der Waals surface area contributed by atoms with E-state index in [2.05, 4.69) is 15.3 Å². The Morgan fingerprint density at radius 3 is 2.51 bits per heavy atom. The first-order valence-corrected chi connectivity index (χ1v) is 13.0. The molecule has 0 saturated carbocycles. The van der Waals surface area contributed by atoms with Gasteiger partial charge in [0.05, 0.1) is 23.4 Å². The third-order valence-electron chi connectivity index (χ3n) is 5.72. The van der Waals surface area contributed by atoms with Crippen LogP contribution in [0.2, 0.25) is 0 Å². The lowest BCUT2D eigenvalue weighted by atomic mass is 10.2. The number of aryl methyl sites for hydroxylation is 2. The van der Waals surface area contributed by atoms with Crippen LogP contribution in [0.25, 0.3) is 11.2 Å². The monoisotopic (exact) mass is 533 g/mol. The van der Waals surface area contributed by atoms with E-state index in [0.29, 0.717) is 30.2 Å². The van der Waals surface area contributed by atoms with Crippen molar-refractivity contribution in [2.75, 3.05) is 22.5 Å². The van der Waals surface area contributed by atoms with Gasteiger partial charge in [0.1, 0.15) is 5.01 Å². The van der Waals surface area contributed by atoms with Gasteiger partial charge >= 0.3 is 12.1 Å². The Hall–Kier alpha value is -3.01. The molecule has 5 rings (SSSR count). The SMILES string of the molecule is Cc1csc(C(C)Nc2nc(N3C[C@@H]4C[C@H]3CS4(=O)=O)nc3c2ncn3C)n1.O=C(O)C(F)(F)F. The number of carbonyl (C=O) groups is 1. The van der Waals surface area contributed by atoms with Crippen molar-refractivity contribution < 1.29 is 31.5 Å². The molecule has 0 aromatic carbocycles. The van der Waals surface area contributed by atoms with Gasteiger partial charge in [-0.1, -0.05) is 0 Å². The smallest absolute Gasteiger partial charge is 0.475 e. The summed E-state index contributed by atoms with van der Waals surface area (Å²) in [6.07, 6.45) is -2.71. The van der Waals surface area contributed by atoms with E-state index in [0.717, 1.165) is 16.3 Å². The normalized spacial score (nSPS) is 21.6. The molecule has 2 aliphatic rings. The first-order valence-electron chi connectivity index (χ1n) is 10.4. The molecule has 1 unspecified atom stereocenters. The molecule has 2 N–H and O–H groups in total. The van der Waals surface area contributed by atoms with Crippen molar-refractivity contribution in [3.05, 3.63) is 22.4 Å². The number of imidazole rings is 1. The lowest BCUT2D eigenvalue weighted by Crippen LogP contribution is -2.41. The topological polar surface area (TPSA) is 143 Å². The van der Waals surface area contributed by atoms with Gasteiger partial charge < -0.3 is 19.9 Å². The molecule has 16 heteroatoms. The molecule has 35 heavy (non-hydrogen) atoms. The van der Waals surface area contributed by atoms with Gasteiger partial charge in [0.15, 0.2) is 26.8 Å². The zero-order valence-corrected chi connectivity index (χ0v) is 20.4. The summed E-state index contributed by atoms with van der Waals surface area (Å²) in [5.74, 6) is -1.37. The Kier molecular flexibility index (Phi) is 6.37. The number of nitrogens with zero attached hydrogens (tertiary/aromatic N) is 6. The standard InChI is InChI=1S/C17H21N7O2S2.C2HF3O2/c1-9-6-27-16(19-9)10(2)20-14-13-15(23(3)8-18-13)22-17(21-14)24-5-12-4-11(24)7-28(12,25)26;3-2(4,5)1(6)7/h6,8,10-12H,4-5,7H2,1-3H3,(H,20,21,22);(H,6,7)/t10?,11-,12-;/m0./s1. The van der Waals surface area contributed by atoms with E-state index < -0.39 is 22.0 Å². The van der Waals surface area contributed by atoms with Crippen molar-refractivity contribution >= 4 is 50.1 Å². The van der Waals surface area contributed by atoms with Gasteiger partial charge in [0, 0.05) is 30.7 Å². The number of carboxylic acid groups (broad SMARTS) is 1. The lowest BCUT2D eigenvalue weighted by Gasteiger charge is -2.27. The molecule has 0 radical (unpaired) electrons. The number of alkyl halides is 3. The highest BCUT2D eigenvalue weighted by Gasteiger charge is 2.49. The van der Waals surface area contributed by atoms with Crippen molar-refractivity contribution in [1.82, 2.24) is 24.5 Å². The Bertz CT molecular complexity index is 1370. The van der Waals surface area contributed by atoms with E-state index >= 15 is 0 Å². The summed E-state index contributed by atoms with van der Waals surface area (Å²) < 4.78 is 57.8. The molecular formula is C19H22F3N7O4S2. The number of sulfone groups is 1. The second-order valence-electron chi connectivity index (χ2n) is 8.39. The number of anilines is 2. The lowest BCUT2D eigenvalue weighted by molar-refractivity contribution is -0.192. The fourth-order valence-corrected chi connectivity index (χ4v) is 6.83. The van der Waals surface area contributed by atoms with E-state index in [4.69, 9.17) is 19.9 Å². The number of nitrogens with one attached hydrogen (secondary N) is 1. The van der Waals surface area contributed by atoms with Crippen LogP contribution in [-0.4, -0.2) is 73.8 Å². The maximum absolute atomic E-state index is 12.1. The number of hydrogen-bond acceptors (Lipinski definition) is 10. The molecule has 0 spiro atoms. The predicted molar refractivity (Wildman–Crippen MR) is 122 cm³/mol. The van der Waals surface area contributed by atoms with Crippen LogP contribution >= 0.6 is 11.3 Å². The van der Waals surface area contributed by atoms with Crippen LogP contribution in [0.5, 0.6) is 0 Å². The molecular weight excluding hydrogens is 511 g/mol. The second kappa shape index (κ2) is 8.89. The molecule has 2 saturated heterocycles. The Morgan fingerprint density at radius 1 is 1.31 bits per heavy atom. The number of aromatic nitrogens is 5. The summed E-state index contributed by atoms with van der Waals surface area (Å²) in [5.41, 5.74) is 2.42. The molecule has 3 atom stereocenters. The minimum Gasteiger partial charge on any atom is -0.475 e. The van der Waals surface area contributed by atoms with Crippen molar-refractivity contribution in [2.24, 2.45) is 7.05 Å². The Balaban J connectivity index is 0.000000364. The molecule has 5 heterocycles. The highest BCUT2D eigenvalue weighted by molar-refractivity contribution is 7.92. The number of hydrogen-bond donors (Lipinski definition) is 2. The minimum atomic E-state index is -5.08. The number of fused-ring (bicyclic) bond motifs is 3. The van der Waals surface area contributed by atoms with Crippen LogP contribution in [0.1, 0.15) is 30.1 Å². The molecule has 2 bridgehead atoms. The number of carboxylic acids is 1. The summed E-state index contributed by atoms with van der Waals surface area (Å²) in [6.45, 7) is 4.47. The van der Waals surface area contributed by atoms with E-state index in [1.807, 2.05) is 35.7 Å². The van der Waals surface area contributed by atoms with Crippen molar-refractivity contribution in [2.45, 2.75) is 43.8 Å². The third-order valence-corrected chi connectivity index (χ3v) is 9.07. The van der Waals surface area contributed by atoms with E-state index in [1.54, 1.807) is 17.7 Å². The van der Waals surface area contributed by atoms with Gasteiger partial charge in [-0.3, -0.25) is 0 Å². The summed E-state index contributed by atoms with van der Waals surface area (Å²) in [6, 6.07) is -0.0744. The van der Waals surface area contributed by atoms with E-state index in [-0.39, 0.29) is 23.1 Å². The highest BCUT2D eigenvalue weighted by Crippen LogP contribution is 2.36. The van der Waals surface area contributed by atoms with Gasteiger partial charge in [-0.15, -0.1) is 11.3 Å². The maximum atomic E-state index is 12.1. The van der Waals surface area contributed by atoms with Crippen molar-refractivity contribution in [3.8, 4) is 0 Å². The fourth-order valence-electron chi connectivity index (χ4n) is 4.00. The van der Waals surface area contributed by atoms with Crippen LogP contribution in [0, 0.1) is 6.92 Å². The first-order chi connectivity index (χ1) is 16.3. The minimum absolute atomic E-state index is 0.0259. The number of rotatable bonds is 4. The number of halogens is 3. The van der Waals surface area contributed by atoms with Gasteiger partial charge in [-0.05, 0) is 20.3 Å². The predicted octanol–water partition coefficient (Wildman–Crippen LogP) is 2.31. The Labute approximate surface area is 202 Å². The zero-order valence-electron chi connectivity index (χ0n) is 18.8. The summed E-state index contributed by atoms with van der Waals surface area (Å²) in [4.78, 5) is 29.4. The highest BCUT2D eigenvalue weighted by atomic mass is 32.2. The number of aliphatic carboxylic acids is 1. The molecule has 3 aromatic heterocycles. The quantitative estimate of drug-likeness (QED) is 0.513. The first kappa shape index (κ1) is 25.1. The van der Waals surface area contributed by atoms with Gasteiger partial charge in [-0.25, -0.2) is 23.2 Å². The van der Waals surface area contributed by atoms with Crippen LogP contribution < -0.4 is 10.2 Å². The van der Waals surface area contributed by atoms with E-state index in [1.165, 1.54) is 0 Å². The summed E-state index contributed by atoms with van der Waals surface area (Å²) >= 11 is 1.61. The second-order valence-corrected chi connectivity index (χ2v) is 11.6. The van der Waals surface area contributed by atoms with Crippen LogP contribution in [0.3, 0.4) is 0 Å². The van der Waals surface area contributed by atoms with Gasteiger partial charge in [-0.2, -0.15) is 23.1 Å². The van der Waals surface area contributed by atoms with E-state index in [9.17, 15) is 21.6 Å².